The van der Waals surface area contributed by atoms with Gasteiger partial charge in [0.05, 0.1) is 34.0 Å². The highest BCUT2D eigenvalue weighted by Gasteiger charge is 2.20. The second-order valence-corrected chi connectivity index (χ2v) is 34.4. The number of benzene rings is 8. The average molecular weight is 1860 g/mol. The zero-order valence-corrected chi connectivity index (χ0v) is 79.1. The van der Waals surface area contributed by atoms with Crippen molar-refractivity contribution in [3.05, 3.63) is 471 Å². The molecule has 0 bridgehead atoms. The highest BCUT2D eigenvalue weighted by Crippen LogP contribution is 2.28. The molecule has 16 rings (SSSR count). The molecule has 8 aromatic carbocycles. The quantitative estimate of drug-likeness (QED) is 0.0200. The molecular formula is C115H101Cl2N13O8. The van der Waals surface area contributed by atoms with Gasteiger partial charge in [-0.25, -0.2) is 49.8 Å². The van der Waals surface area contributed by atoms with E-state index in [2.05, 4.69) is 88.1 Å². The summed E-state index contributed by atoms with van der Waals surface area (Å²) in [4.78, 5) is 155. The highest BCUT2D eigenvalue weighted by atomic mass is 35.5. The minimum Gasteiger partial charge on any atom is -0.298 e. The summed E-state index contributed by atoms with van der Waals surface area (Å²) in [5, 5.41) is -0.518. The van der Waals surface area contributed by atoms with Crippen LogP contribution in [0, 0.1) is 34.6 Å². The van der Waals surface area contributed by atoms with Crippen LogP contribution in [0.3, 0.4) is 0 Å². The maximum absolute atomic E-state index is 12.9. The maximum Gasteiger partial charge on any atom is 0.167 e. The van der Waals surface area contributed by atoms with Crippen molar-refractivity contribution in [1.82, 2.24) is 64.8 Å². The minimum absolute atomic E-state index is 0.00473. The summed E-state index contributed by atoms with van der Waals surface area (Å²) in [6, 6.07) is 72.2. The van der Waals surface area contributed by atoms with Gasteiger partial charge < -0.3 is 0 Å². The number of carbonyl (C=O) groups is 8. The van der Waals surface area contributed by atoms with Gasteiger partial charge in [0.1, 0.15) is 29.6 Å². The van der Waals surface area contributed by atoms with Crippen LogP contribution in [0.2, 0.25) is 0 Å². The predicted molar refractivity (Wildman–Crippen MR) is 539 cm³/mol. The molecule has 21 nitrogen and oxygen atoms in total. The molecule has 688 valence electrons. The molecule has 0 radical (unpaired) electrons. The molecule has 0 saturated carbocycles. The molecule has 0 aliphatic heterocycles. The molecule has 8 aromatic heterocycles. The lowest BCUT2D eigenvalue weighted by atomic mass is 9.96. The van der Waals surface area contributed by atoms with Crippen LogP contribution in [0.15, 0.2) is 330 Å². The summed E-state index contributed by atoms with van der Waals surface area (Å²) in [5.74, 6) is 2.82. The van der Waals surface area contributed by atoms with Gasteiger partial charge in [-0.1, -0.05) is 183 Å². The van der Waals surface area contributed by atoms with Crippen LogP contribution in [0.1, 0.15) is 166 Å². The van der Waals surface area contributed by atoms with Gasteiger partial charge in [0.2, 0.25) is 0 Å². The van der Waals surface area contributed by atoms with Crippen LogP contribution >= 0.6 is 23.2 Å². The molecule has 0 aliphatic carbocycles. The lowest BCUT2D eigenvalue weighted by Crippen LogP contribution is -2.13. The first-order chi connectivity index (χ1) is 66.8. The molecule has 1 unspecified atom stereocenters. The third kappa shape index (κ3) is 29.5. The number of carbonyl (C=O) groups excluding carboxylic acids is 8. The number of aromatic nitrogens is 13. The Morgan fingerprint density at radius 3 is 0.928 bits per heavy atom. The molecule has 0 fully saturated rings. The topological polar surface area (TPSA) is 304 Å². The third-order valence-corrected chi connectivity index (χ3v) is 23.5. The van der Waals surface area contributed by atoms with Crippen LogP contribution in [0.4, 0.5) is 0 Å². The van der Waals surface area contributed by atoms with Crippen LogP contribution < -0.4 is 0 Å². The van der Waals surface area contributed by atoms with Crippen molar-refractivity contribution in [2.45, 2.75) is 124 Å². The molecule has 23 heteroatoms. The number of aryl methyl sites for hydroxylation is 5. The van der Waals surface area contributed by atoms with Crippen LogP contribution in [0.25, 0.3) is 45.0 Å². The van der Waals surface area contributed by atoms with Gasteiger partial charge in [0.25, 0.3) is 0 Å². The second kappa shape index (κ2) is 49.3. The smallest absolute Gasteiger partial charge is 0.167 e. The number of halogens is 2. The van der Waals surface area contributed by atoms with Crippen molar-refractivity contribution >= 4 is 69.5 Å². The predicted octanol–water partition coefficient (Wildman–Crippen LogP) is 20.8. The largest absolute Gasteiger partial charge is 0.298 e. The van der Waals surface area contributed by atoms with E-state index in [9.17, 15) is 38.4 Å². The summed E-state index contributed by atoms with van der Waals surface area (Å²) in [5.41, 5.74) is 26.4. The lowest BCUT2D eigenvalue weighted by molar-refractivity contribution is -0.118. The third-order valence-electron chi connectivity index (χ3n) is 22.9. The lowest BCUT2D eigenvalue weighted by Gasteiger charge is -2.10. The van der Waals surface area contributed by atoms with E-state index in [1.54, 1.807) is 124 Å². The normalized spacial score (nSPS) is 11.0. The van der Waals surface area contributed by atoms with E-state index in [-0.39, 0.29) is 65.0 Å². The number of allylic oxidation sites excluding steroid dienone is 2. The molecular weight excluding hydrogens is 1760 g/mol. The fourth-order valence-electron chi connectivity index (χ4n) is 15.1. The monoisotopic (exact) mass is 1860 g/mol. The van der Waals surface area contributed by atoms with Crippen molar-refractivity contribution in [3.63, 3.8) is 0 Å². The van der Waals surface area contributed by atoms with Gasteiger partial charge in [0, 0.05) is 195 Å². The van der Waals surface area contributed by atoms with Gasteiger partial charge in [-0.15, -0.1) is 23.2 Å². The average Bonchev–Trinajstić information content (AvgIpc) is 0.838. The van der Waals surface area contributed by atoms with Crippen LogP contribution in [-0.2, 0) is 96.2 Å². The summed E-state index contributed by atoms with van der Waals surface area (Å²) < 4.78 is 0. The van der Waals surface area contributed by atoms with Crippen molar-refractivity contribution in [2.24, 2.45) is 0 Å². The number of Topliss-reactive ketones (excluding diaryl/α,β-unsaturated/α-hetero) is 6. The van der Waals surface area contributed by atoms with Gasteiger partial charge in [-0.2, -0.15) is 0 Å². The van der Waals surface area contributed by atoms with Crippen molar-refractivity contribution in [1.29, 1.82) is 0 Å². The number of rotatable bonds is 36. The molecule has 0 saturated heterocycles. The van der Waals surface area contributed by atoms with Gasteiger partial charge in [-0.3, -0.25) is 53.3 Å². The summed E-state index contributed by atoms with van der Waals surface area (Å²) >= 11 is 11.4. The van der Waals surface area contributed by atoms with E-state index < -0.39 is 5.38 Å². The van der Waals surface area contributed by atoms with E-state index in [1.807, 2.05) is 191 Å². The van der Waals surface area contributed by atoms with Crippen molar-refractivity contribution < 1.29 is 38.4 Å². The number of hydrogen-bond acceptors (Lipinski definition) is 21. The van der Waals surface area contributed by atoms with E-state index in [1.165, 1.54) is 18.5 Å². The zero-order valence-electron chi connectivity index (χ0n) is 77.5. The van der Waals surface area contributed by atoms with Gasteiger partial charge in [0.15, 0.2) is 46.3 Å². The highest BCUT2D eigenvalue weighted by molar-refractivity contribution is 6.31. The van der Waals surface area contributed by atoms with Crippen molar-refractivity contribution in [3.8, 4) is 45.0 Å². The molecule has 8 heterocycles. The molecule has 138 heavy (non-hydrogen) atoms. The van der Waals surface area contributed by atoms with Crippen LogP contribution in [-0.4, -0.2) is 122 Å². The molecule has 1 atom stereocenters. The number of hydrogen-bond donors (Lipinski definition) is 0. The molecule has 0 aliphatic rings. The van der Waals surface area contributed by atoms with E-state index in [0.29, 0.717) is 98.1 Å². The Kier molecular flexibility index (Phi) is 35.6. The van der Waals surface area contributed by atoms with Crippen LogP contribution in [0.5, 0.6) is 0 Å². The first kappa shape index (κ1) is 99.5. The van der Waals surface area contributed by atoms with Gasteiger partial charge in [-0.05, 0) is 203 Å². The Labute approximate surface area is 812 Å². The molecule has 0 N–H and O–H groups in total. The molecule has 0 amide bonds. The minimum atomic E-state index is -0.518. The Balaban J connectivity index is 0.000000155. The van der Waals surface area contributed by atoms with E-state index in [4.69, 9.17) is 38.2 Å². The molecule has 16 aromatic rings. The van der Waals surface area contributed by atoms with Crippen molar-refractivity contribution in [2.75, 3.05) is 5.88 Å². The SMILES string of the molecule is C=CC(=O)Cc1ccc(C(=O)Cc2ccc(C)c(Cc3nc(C)cc(-c4cccnc4)n3)c2)cc1.C=CC(=O)Cc1ccc(C(=O)Cc2ccc(C)c(Cc3nccc(-c4cncnc4)n3)c2)cc1.Cc1ccc(CC(=O)c2ccc(CC(=O)C(C)Cl)cc2)cc1Cc1nccc(-c2cccnc2)n1.Cc1ccc(CC(=O)c2ccc(CC(=O)CCl)cc2)cc1Cc1nccc(-c2cccnc2)n1. The Morgan fingerprint density at radius 1 is 0.312 bits per heavy atom. The summed E-state index contributed by atoms with van der Waals surface area (Å²) in [6.07, 6.45) is 28.0. The van der Waals surface area contributed by atoms with Gasteiger partial charge >= 0.3 is 0 Å². The fourth-order valence-corrected chi connectivity index (χ4v) is 15.3. The second-order valence-electron chi connectivity index (χ2n) is 33.5. The zero-order chi connectivity index (χ0) is 97.4. The number of alkyl halides is 2. The van der Waals surface area contributed by atoms with E-state index in [0.717, 1.165) is 151 Å². The number of nitrogens with zero attached hydrogens (tertiary/aromatic N) is 13. The Bertz CT molecular complexity index is 7040. The molecule has 0 spiro atoms. The number of ketones is 8. The summed E-state index contributed by atoms with van der Waals surface area (Å²) in [7, 11) is 0. The van der Waals surface area contributed by atoms with E-state index >= 15 is 0 Å². The maximum atomic E-state index is 12.9. The fraction of sp³-hybridized carbons (Fsp3) is 0.174. The first-order valence-corrected chi connectivity index (χ1v) is 45.9. The Morgan fingerprint density at radius 2 is 0.609 bits per heavy atom. The summed E-state index contributed by atoms with van der Waals surface area (Å²) in [6.45, 7) is 18.8. The Hall–Kier alpha value is -16.0. The first-order valence-electron chi connectivity index (χ1n) is 45.0. The standard InChI is InChI=1S/C30H27N3O2.C29H26ClN3O2.C28H24ClN3O2.C28H24N4O2/c1-4-27(34)16-22-9-11-24(12-10-22)29(35)17-23-8-7-20(2)26(15-23)18-30-32-21(3)14-28(33-30)25-6-5-13-31-19-25;1-19-5-6-22(16-28(35)23-9-7-21(8-10-23)15-27(34)20(2)30)14-25(19)17-29-32-13-11-26(33-29)24-4-3-12-31-18-24;1-19-4-5-21(15-27(34)22-8-6-20(7-9-22)14-25(33)17-29)13-24(19)16-28-31-12-10-26(32-28)23-3-2-11-30-18-23;1-3-25(33)13-20-6-8-22(9-7-20)27(34)14-21-5-4-19(2)23(12-21)15-28-31-11-10-26(32-28)24-16-29-18-30-17-24/h4-15,19H,1,16-18H2,2-3H3;3-14,18,20H,15-17H2,1-2H3;2-13,18H,14-17H2,1H3;3-12,16-18H,1,13-15H2,2H3. The number of pyridine rings is 3.